The predicted molar refractivity (Wildman–Crippen MR) is 108 cm³/mol. The molecule has 0 aromatic heterocycles. The van der Waals surface area contributed by atoms with Gasteiger partial charge in [0.2, 0.25) is 0 Å². The Morgan fingerprint density at radius 3 is 2.30 bits per heavy atom. The maximum absolute atomic E-state index is 12.2. The van der Waals surface area contributed by atoms with Crippen LogP contribution in [0.1, 0.15) is 10.4 Å². The van der Waals surface area contributed by atoms with Crippen molar-refractivity contribution in [1.82, 2.24) is 4.90 Å². The van der Waals surface area contributed by atoms with E-state index in [9.17, 15) is 9.59 Å². The number of rotatable bonds is 5. The van der Waals surface area contributed by atoms with Crippen molar-refractivity contribution in [3.05, 3.63) is 71.2 Å². The largest absolute Gasteiger partial charge is 0.483 e. The predicted octanol–water partition coefficient (Wildman–Crippen LogP) is 4.21. The molecule has 0 radical (unpaired) electrons. The smallest absolute Gasteiger partial charge is 0.262 e. The van der Waals surface area contributed by atoms with Crippen molar-refractivity contribution in [3.8, 4) is 5.75 Å². The lowest BCUT2D eigenvalue weighted by Gasteiger charge is -2.12. The number of fused-ring (bicyclic) bond motifs is 1. The summed E-state index contributed by atoms with van der Waals surface area (Å²) in [5, 5.41) is 5.11. The Bertz CT molecular complexity index is 984. The molecule has 3 rings (SSSR count). The van der Waals surface area contributed by atoms with Crippen molar-refractivity contribution in [2.45, 2.75) is 0 Å². The van der Waals surface area contributed by atoms with E-state index in [0.29, 0.717) is 22.0 Å². The molecule has 0 aliphatic heterocycles. The maximum Gasteiger partial charge on any atom is 0.262 e. The van der Waals surface area contributed by atoms with Crippen molar-refractivity contribution in [3.63, 3.8) is 0 Å². The van der Waals surface area contributed by atoms with E-state index in [-0.39, 0.29) is 18.4 Å². The summed E-state index contributed by atoms with van der Waals surface area (Å²) in [6.45, 7) is -0.135. The van der Waals surface area contributed by atoms with Crippen LogP contribution in [0, 0.1) is 0 Å². The molecule has 0 atom stereocenters. The SMILES string of the molecule is CN(C)C(=O)c1ccc(NC(=O)COc2ccc(Cl)c3ccccc23)cc1. The lowest BCUT2D eigenvalue weighted by Crippen LogP contribution is -2.22. The second kappa shape index (κ2) is 8.10. The Kier molecular flexibility index (Phi) is 5.62. The number of amides is 2. The van der Waals surface area contributed by atoms with Gasteiger partial charge in [-0.3, -0.25) is 9.59 Å². The lowest BCUT2D eigenvalue weighted by atomic mass is 10.1. The summed E-state index contributed by atoms with van der Waals surface area (Å²) in [6.07, 6.45) is 0. The Balaban J connectivity index is 1.64. The second-order valence-electron chi connectivity index (χ2n) is 6.20. The molecule has 0 aliphatic rings. The van der Waals surface area contributed by atoms with E-state index in [2.05, 4.69) is 5.32 Å². The Hall–Kier alpha value is -3.05. The molecule has 6 heteroatoms. The quantitative estimate of drug-likeness (QED) is 0.719. The zero-order valence-corrected chi connectivity index (χ0v) is 15.8. The molecular weight excluding hydrogens is 364 g/mol. The maximum atomic E-state index is 12.2. The fraction of sp³-hybridized carbons (Fsp3) is 0.143. The van der Waals surface area contributed by atoms with E-state index in [4.69, 9.17) is 16.3 Å². The van der Waals surface area contributed by atoms with Crippen molar-refractivity contribution < 1.29 is 14.3 Å². The Morgan fingerprint density at radius 2 is 1.63 bits per heavy atom. The fourth-order valence-electron chi connectivity index (χ4n) is 2.66. The third-order valence-electron chi connectivity index (χ3n) is 4.01. The van der Waals surface area contributed by atoms with E-state index in [1.54, 1.807) is 50.5 Å². The zero-order valence-electron chi connectivity index (χ0n) is 15.0. The van der Waals surface area contributed by atoms with Crippen LogP contribution >= 0.6 is 11.6 Å². The van der Waals surface area contributed by atoms with Gasteiger partial charge in [0.05, 0.1) is 0 Å². The molecule has 0 spiro atoms. The molecule has 2 amide bonds. The molecule has 0 heterocycles. The first-order chi connectivity index (χ1) is 13.0. The van der Waals surface area contributed by atoms with Crippen LogP contribution in [0.2, 0.25) is 5.02 Å². The summed E-state index contributed by atoms with van der Waals surface area (Å²) in [4.78, 5) is 25.6. The standard InChI is InChI=1S/C21H19ClN2O3/c1-24(2)21(26)14-7-9-15(10-8-14)23-20(25)13-27-19-12-11-18(22)16-5-3-4-6-17(16)19/h3-12H,13H2,1-2H3,(H,23,25). The number of nitrogens with one attached hydrogen (secondary N) is 1. The Labute approximate surface area is 162 Å². The highest BCUT2D eigenvalue weighted by atomic mass is 35.5. The van der Waals surface area contributed by atoms with E-state index in [1.165, 1.54) is 4.90 Å². The molecule has 3 aromatic carbocycles. The van der Waals surface area contributed by atoms with E-state index >= 15 is 0 Å². The molecular formula is C21H19ClN2O3. The average molecular weight is 383 g/mol. The summed E-state index contributed by atoms with van der Waals surface area (Å²) in [7, 11) is 3.38. The highest BCUT2D eigenvalue weighted by Crippen LogP contribution is 2.31. The normalized spacial score (nSPS) is 10.5. The van der Waals surface area contributed by atoms with Gasteiger partial charge in [0.1, 0.15) is 5.75 Å². The first kappa shape index (κ1) is 18.7. The van der Waals surface area contributed by atoms with Gasteiger partial charge in [0.15, 0.2) is 6.61 Å². The third-order valence-corrected chi connectivity index (χ3v) is 4.34. The zero-order chi connectivity index (χ0) is 19.4. The molecule has 0 fully saturated rings. The van der Waals surface area contributed by atoms with Crippen molar-refractivity contribution in [2.75, 3.05) is 26.0 Å². The minimum atomic E-state index is -0.291. The lowest BCUT2D eigenvalue weighted by molar-refractivity contribution is -0.118. The van der Waals surface area contributed by atoms with Crippen molar-refractivity contribution in [1.29, 1.82) is 0 Å². The van der Waals surface area contributed by atoms with Crippen molar-refractivity contribution in [2.24, 2.45) is 0 Å². The number of halogens is 1. The molecule has 138 valence electrons. The van der Waals surface area contributed by atoms with Gasteiger partial charge in [-0.1, -0.05) is 35.9 Å². The minimum Gasteiger partial charge on any atom is -0.483 e. The monoisotopic (exact) mass is 382 g/mol. The van der Waals surface area contributed by atoms with Crippen LogP contribution in [0.25, 0.3) is 10.8 Å². The summed E-state index contributed by atoms with van der Waals surface area (Å²) in [5.41, 5.74) is 1.15. The third kappa shape index (κ3) is 4.38. The first-order valence-electron chi connectivity index (χ1n) is 8.37. The first-order valence-corrected chi connectivity index (χ1v) is 8.75. The van der Waals surface area contributed by atoms with Crippen LogP contribution in [-0.2, 0) is 4.79 Å². The second-order valence-corrected chi connectivity index (χ2v) is 6.61. The van der Waals surface area contributed by atoms with E-state index in [1.807, 2.05) is 24.3 Å². The van der Waals surface area contributed by atoms with Crippen LogP contribution in [0.5, 0.6) is 5.75 Å². The number of ether oxygens (including phenoxy) is 1. The summed E-state index contributed by atoms with van der Waals surface area (Å²) in [5.74, 6) is 0.212. The fourth-order valence-corrected chi connectivity index (χ4v) is 2.88. The summed E-state index contributed by atoms with van der Waals surface area (Å²) in [6, 6.07) is 17.8. The summed E-state index contributed by atoms with van der Waals surface area (Å²) >= 11 is 6.19. The number of benzene rings is 3. The molecule has 27 heavy (non-hydrogen) atoms. The molecule has 1 N–H and O–H groups in total. The molecule has 3 aromatic rings. The van der Waals surface area contributed by atoms with Crippen LogP contribution in [0.3, 0.4) is 0 Å². The van der Waals surface area contributed by atoms with Gasteiger partial charge < -0.3 is 15.0 Å². The number of anilines is 1. The highest BCUT2D eigenvalue weighted by molar-refractivity contribution is 6.35. The Morgan fingerprint density at radius 1 is 0.963 bits per heavy atom. The van der Waals surface area contributed by atoms with Crippen LogP contribution in [-0.4, -0.2) is 37.4 Å². The van der Waals surface area contributed by atoms with Crippen LogP contribution < -0.4 is 10.1 Å². The number of nitrogens with zero attached hydrogens (tertiary/aromatic N) is 1. The molecule has 0 unspecified atom stereocenters. The molecule has 5 nitrogen and oxygen atoms in total. The van der Waals surface area contributed by atoms with E-state index in [0.717, 1.165) is 10.8 Å². The van der Waals surface area contributed by atoms with Crippen molar-refractivity contribution >= 4 is 39.9 Å². The topological polar surface area (TPSA) is 58.6 Å². The molecule has 0 bridgehead atoms. The number of hydrogen-bond donors (Lipinski definition) is 1. The minimum absolute atomic E-state index is 0.0918. The van der Waals surface area contributed by atoms with Gasteiger partial charge in [-0.25, -0.2) is 0 Å². The van der Waals surface area contributed by atoms with Gasteiger partial charge >= 0.3 is 0 Å². The number of carbonyl (C=O) groups is 2. The summed E-state index contributed by atoms with van der Waals surface area (Å²) < 4.78 is 5.67. The number of hydrogen-bond acceptors (Lipinski definition) is 3. The van der Waals surface area contributed by atoms with Crippen LogP contribution in [0.15, 0.2) is 60.7 Å². The average Bonchev–Trinajstić information content (AvgIpc) is 2.67. The van der Waals surface area contributed by atoms with Gasteiger partial charge in [0.25, 0.3) is 11.8 Å². The molecule has 0 saturated carbocycles. The van der Waals surface area contributed by atoms with Gasteiger partial charge in [-0.15, -0.1) is 0 Å². The molecule has 0 aliphatic carbocycles. The molecule has 0 saturated heterocycles. The van der Waals surface area contributed by atoms with Gasteiger partial charge in [-0.2, -0.15) is 0 Å². The van der Waals surface area contributed by atoms with Gasteiger partial charge in [-0.05, 0) is 36.4 Å². The van der Waals surface area contributed by atoms with E-state index < -0.39 is 0 Å². The highest BCUT2D eigenvalue weighted by Gasteiger charge is 2.10. The number of carbonyl (C=O) groups excluding carboxylic acids is 2. The van der Waals surface area contributed by atoms with Gasteiger partial charge in [0, 0.05) is 41.1 Å². The van der Waals surface area contributed by atoms with Crippen LogP contribution in [0.4, 0.5) is 5.69 Å².